The van der Waals surface area contributed by atoms with Crippen LogP contribution in [0.5, 0.6) is 0 Å². The molecule has 0 saturated heterocycles. The Morgan fingerprint density at radius 3 is 2.50 bits per heavy atom. The molecule has 0 saturated carbocycles. The van der Waals surface area contributed by atoms with E-state index in [9.17, 15) is 0 Å². The van der Waals surface area contributed by atoms with Crippen molar-refractivity contribution in [3.63, 3.8) is 0 Å². The van der Waals surface area contributed by atoms with Crippen LogP contribution in [0, 0.1) is 10.8 Å². The number of rotatable bonds is 7. The summed E-state index contributed by atoms with van der Waals surface area (Å²) in [5.74, 6) is 0.209. The monoisotopic (exact) mass is 202 g/mol. The predicted octanol–water partition coefficient (Wildman–Crippen LogP) is 1.39. The quantitative estimate of drug-likeness (QED) is 0.484. The van der Waals surface area contributed by atoms with Crippen molar-refractivity contribution in [1.29, 1.82) is 5.41 Å². The highest BCUT2D eigenvalue weighted by atomic mass is 16.5. The van der Waals surface area contributed by atoms with Crippen LogP contribution in [0.25, 0.3) is 0 Å². The largest absolute Gasteiger partial charge is 0.387 e. The normalized spacial score (nSPS) is 14.0. The van der Waals surface area contributed by atoms with E-state index in [1.807, 2.05) is 20.8 Å². The molecular weight excluding hydrogens is 180 g/mol. The van der Waals surface area contributed by atoms with Crippen LogP contribution >= 0.6 is 0 Å². The predicted molar refractivity (Wildman–Crippen MR) is 57.6 cm³/mol. The molecule has 0 spiro atoms. The number of nitrogens with one attached hydrogen (secondary N) is 1. The van der Waals surface area contributed by atoms with Gasteiger partial charge in [-0.2, -0.15) is 0 Å². The van der Waals surface area contributed by atoms with Crippen molar-refractivity contribution in [3.05, 3.63) is 0 Å². The van der Waals surface area contributed by atoms with Crippen molar-refractivity contribution >= 4 is 5.84 Å². The van der Waals surface area contributed by atoms with Gasteiger partial charge in [0, 0.05) is 19.1 Å². The Balaban J connectivity index is 3.68. The minimum atomic E-state index is -0.271. The van der Waals surface area contributed by atoms with Crippen molar-refractivity contribution in [2.45, 2.75) is 33.3 Å². The van der Waals surface area contributed by atoms with E-state index in [0.717, 1.165) is 6.42 Å². The molecule has 0 aromatic rings. The standard InChI is InChI=1S/C10H22N2O2/c1-8(7-13-4)14-6-5-10(2,3)9(11)12/h8H,5-7H2,1-4H3,(H3,11,12). The zero-order chi connectivity index (χ0) is 11.2. The van der Waals surface area contributed by atoms with Gasteiger partial charge in [0.1, 0.15) is 0 Å². The van der Waals surface area contributed by atoms with Gasteiger partial charge >= 0.3 is 0 Å². The average molecular weight is 202 g/mol. The Labute approximate surface area is 86.3 Å². The molecule has 0 rings (SSSR count). The summed E-state index contributed by atoms with van der Waals surface area (Å²) in [6.07, 6.45) is 0.860. The van der Waals surface area contributed by atoms with E-state index in [-0.39, 0.29) is 17.4 Å². The maximum absolute atomic E-state index is 7.36. The molecule has 0 aliphatic carbocycles. The zero-order valence-corrected chi connectivity index (χ0v) is 9.59. The molecule has 0 aromatic heterocycles. The van der Waals surface area contributed by atoms with Gasteiger partial charge in [0.05, 0.1) is 18.5 Å². The van der Waals surface area contributed by atoms with Crippen LogP contribution in [0.15, 0.2) is 0 Å². The van der Waals surface area contributed by atoms with E-state index >= 15 is 0 Å². The van der Waals surface area contributed by atoms with E-state index < -0.39 is 0 Å². The molecule has 0 amide bonds. The second-order valence-corrected chi connectivity index (χ2v) is 4.18. The van der Waals surface area contributed by atoms with Gasteiger partial charge in [-0.1, -0.05) is 13.8 Å². The summed E-state index contributed by atoms with van der Waals surface area (Å²) in [6.45, 7) is 7.06. The first-order valence-electron chi connectivity index (χ1n) is 4.85. The summed E-state index contributed by atoms with van der Waals surface area (Å²) in [5.41, 5.74) is 5.18. The number of amidine groups is 1. The Morgan fingerprint density at radius 1 is 1.50 bits per heavy atom. The minimum Gasteiger partial charge on any atom is -0.387 e. The van der Waals surface area contributed by atoms with Crippen LogP contribution in [-0.4, -0.2) is 32.3 Å². The molecule has 4 heteroatoms. The zero-order valence-electron chi connectivity index (χ0n) is 9.59. The molecule has 1 unspecified atom stereocenters. The number of hydrogen-bond donors (Lipinski definition) is 2. The summed E-state index contributed by atoms with van der Waals surface area (Å²) >= 11 is 0. The van der Waals surface area contributed by atoms with E-state index in [1.165, 1.54) is 0 Å². The van der Waals surface area contributed by atoms with Gasteiger partial charge < -0.3 is 15.2 Å². The summed E-state index contributed by atoms with van der Waals surface area (Å²) < 4.78 is 10.4. The molecule has 0 radical (unpaired) electrons. The third-order valence-electron chi connectivity index (χ3n) is 2.26. The van der Waals surface area contributed by atoms with Crippen LogP contribution in [0.1, 0.15) is 27.2 Å². The SMILES string of the molecule is COCC(C)OCCC(C)(C)C(=N)N. The molecular formula is C10H22N2O2. The van der Waals surface area contributed by atoms with Crippen molar-refractivity contribution in [2.75, 3.05) is 20.3 Å². The van der Waals surface area contributed by atoms with Crippen LogP contribution in [-0.2, 0) is 9.47 Å². The van der Waals surface area contributed by atoms with Crippen molar-refractivity contribution < 1.29 is 9.47 Å². The number of ether oxygens (including phenoxy) is 2. The van der Waals surface area contributed by atoms with Crippen molar-refractivity contribution in [3.8, 4) is 0 Å². The van der Waals surface area contributed by atoms with Gasteiger partial charge in [-0.3, -0.25) is 5.41 Å². The van der Waals surface area contributed by atoms with E-state index in [4.69, 9.17) is 20.6 Å². The average Bonchev–Trinajstić information content (AvgIpc) is 2.04. The molecule has 0 aliphatic heterocycles. The Hall–Kier alpha value is -0.610. The highest BCUT2D eigenvalue weighted by Gasteiger charge is 2.21. The summed E-state index contributed by atoms with van der Waals surface area (Å²) in [5, 5.41) is 7.36. The second kappa shape index (κ2) is 5.98. The maximum atomic E-state index is 7.36. The molecule has 0 fully saturated rings. The highest BCUT2D eigenvalue weighted by Crippen LogP contribution is 2.19. The molecule has 84 valence electrons. The highest BCUT2D eigenvalue weighted by molar-refractivity contribution is 5.82. The van der Waals surface area contributed by atoms with Crippen LogP contribution < -0.4 is 5.73 Å². The van der Waals surface area contributed by atoms with Gasteiger partial charge in [-0.05, 0) is 13.3 Å². The lowest BCUT2D eigenvalue weighted by molar-refractivity contribution is 0.00261. The first kappa shape index (κ1) is 13.4. The van der Waals surface area contributed by atoms with Gasteiger partial charge in [0.25, 0.3) is 0 Å². The van der Waals surface area contributed by atoms with E-state index in [2.05, 4.69) is 0 Å². The third-order valence-corrected chi connectivity index (χ3v) is 2.26. The van der Waals surface area contributed by atoms with Gasteiger partial charge in [-0.15, -0.1) is 0 Å². The number of methoxy groups -OCH3 is 1. The topological polar surface area (TPSA) is 68.3 Å². The fourth-order valence-corrected chi connectivity index (χ4v) is 0.933. The van der Waals surface area contributed by atoms with Crippen LogP contribution in [0.3, 0.4) is 0 Å². The smallest absolute Gasteiger partial charge is 0.0963 e. The molecule has 0 aliphatic rings. The third kappa shape index (κ3) is 5.19. The Morgan fingerprint density at radius 2 is 2.07 bits per heavy atom. The van der Waals surface area contributed by atoms with Crippen molar-refractivity contribution in [1.82, 2.24) is 0 Å². The Kier molecular flexibility index (Phi) is 5.72. The van der Waals surface area contributed by atoms with E-state index in [1.54, 1.807) is 7.11 Å². The fourth-order valence-electron chi connectivity index (χ4n) is 0.933. The molecule has 1 atom stereocenters. The number of hydrogen-bond acceptors (Lipinski definition) is 3. The maximum Gasteiger partial charge on any atom is 0.0963 e. The first-order chi connectivity index (χ1) is 6.40. The molecule has 0 aromatic carbocycles. The first-order valence-corrected chi connectivity index (χ1v) is 4.85. The molecule has 0 heterocycles. The minimum absolute atomic E-state index is 0.0998. The van der Waals surface area contributed by atoms with Crippen LogP contribution in [0.2, 0.25) is 0 Å². The Bertz CT molecular complexity index is 181. The number of nitrogens with two attached hydrogens (primary N) is 1. The lowest BCUT2D eigenvalue weighted by Gasteiger charge is -2.23. The van der Waals surface area contributed by atoms with Gasteiger partial charge in [0.2, 0.25) is 0 Å². The molecule has 4 nitrogen and oxygen atoms in total. The molecule has 14 heavy (non-hydrogen) atoms. The van der Waals surface area contributed by atoms with Gasteiger partial charge in [-0.25, -0.2) is 0 Å². The summed E-state index contributed by atoms with van der Waals surface area (Å²) in [6, 6.07) is 0. The molecule has 0 bridgehead atoms. The second-order valence-electron chi connectivity index (χ2n) is 4.18. The van der Waals surface area contributed by atoms with Crippen LogP contribution in [0.4, 0.5) is 0 Å². The lowest BCUT2D eigenvalue weighted by atomic mass is 9.88. The summed E-state index contributed by atoms with van der Waals surface area (Å²) in [4.78, 5) is 0. The van der Waals surface area contributed by atoms with E-state index in [0.29, 0.717) is 13.2 Å². The fraction of sp³-hybridized carbons (Fsp3) is 0.900. The van der Waals surface area contributed by atoms with Gasteiger partial charge in [0.15, 0.2) is 0 Å². The van der Waals surface area contributed by atoms with Crippen molar-refractivity contribution in [2.24, 2.45) is 11.1 Å². The molecule has 3 N–H and O–H groups in total. The lowest BCUT2D eigenvalue weighted by Crippen LogP contribution is -2.32. The summed E-state index contributed by atoms with van der Waals surface area (Å²) in [7, 11) is 1.65.